The largest absolute Gasteiger partial charge is 0.493 e. The van der Waals surface area contributed by atoms with Gasteiger partial charge in [-0.1, -0.05) is 29.8 Å². The van der Waals surface area contributed by atoms with Gasteiger partial charge in [0.05, 0.1) is 12.1 Å². The molecule has 4 heteroatoms. The second-order valence-corrected chi connectivity index (χ2v) is 5.38. The van der Waals surface area contributed by atoms with Gasteiger partial charge in [0.1, 0.15) is 6.61 Å². The first-order chi connectivity index (χ1) is 10.1. The van der Waals surface area contributed by atoms with Crippen molar-refractivity contribution in [2.75, 3.05) is 7.11 Å². The lowest BCUT2D eigenvalue weighted by molar-refractivity contribution is 0.283. The lowest BCUT2D eigenvalue weighted by Crippen LogP contribution is -2.04. The minimum atomic E-state index is 0.410. The first-order valence-electron chi connectivity index (χ1n) is 6.81. The Morgan fingerprint density at radius 1 is 1.14 bits per heavy atom. The highest BCUT2D eigenvalue weighted by Crippen LogP contribution is 2.37. The zero-order chi connectivity index (χ0) is 15.4. The van der Waals surface area contributed by atoms with E-state index in [-0.39, 0.29) is 0 Å². The summed E-state index contributed by atoms with van der Waals surface area (Å²) in [6.07, 6.45) is 0. The first-order valence-corrected chi connectivity index (χ1v) is 7.19. The average Bonchev–Trinajstić information content (AvgIpc) is 2.47. The van der Waals surface area contributed by atoms with Crippen LogP contribution in [0.2, 0.25) is 5.02 Å². The van der Waals surface area contributed by atoms with E-state index in [2.05, 4.69) is 26.0 Å². The lowest BCUT2D eigenvalue weighted by Gasteiger charge is -2.16. The van der Waals surface area contributed by atoms with Gasteiger partial charge in [-0.15, -0.1) is 0 Å². The van der Waals surface area contributed by atoms with Gasteiger partial charge >= 0.3 is 0 Å². The van der Waals surface area contributed by atoms with Gasteiger partial charge in [0.15, 0.2) is 11.5 Å². The molecule has 0 aromatic heterocycles. The third-order valence-electron chi connectivity index (χ3n) is 3.53. The second kappa shape index (κ2) is 6.83. The van der Waals surface area contributed by atoms with Crippen LogP contribution in [-0.4, -0.2) is 7.11 Å². The highest BCUT2D eigenvalue weighted by molar-refractivity contribution is 6.32. The van der Waals surface area contributed by atoms with Crippen LogP contribution < -0.4 is 15.2 Å². The molecule has 0 saturated carbocycles. The molecule has 2 aromatic rings. The van der Waals surface area contributed by atoms with E-state index in [1.54, 1.807) is 7.11 Å². The van der Waals surface area contributed by atoms with Crippen LogP contribution in [0.4, 0.5) is 0 Å². The number of nitrogens with two attached hydrogens (primary N) is 1. The maximum absolute atomic E-state index is 6.28. The molecule has 0 amide bonds. The third kappa shape index (κ3) is 3.49. The van der Waals surface area contributed by atoms with Crippen LogP contribution in [-0.2, 0) is 13.2 Å². The van der Waals surface area contributed by atoms with E-state index in [1.165, 1.54) is 16.7 Å². The summed E-state index contributed by atoms with van der Waals surface area (Å²) in [6.45, 7) is 5.01. The summed E-state index contributed by atoms with van der Waals surface area (Å²) in [4.78, 5) is 0. The van der Waals surface area contributed by atoms with Gasteiger partial charge in [0.25, 0.3) is 0 Å². The molecule has 3 nitrogen and oxygen atoms in total. The molecule has 0 bridgehead atoms. The summed E-state index contributed by atoms with van der Waals surface area (Å²) in [5.41, 5.74) is 10.1. The van der Waals surface area contributed by atoms with Crippen LogP contribution in [0.1, 0.15) is 22.3 Å². The molecule has 21 heavy (non-hydrogen) atoms. The van der Waals surface area contributed by atoms with Crippen molar-refractivity contribution >= 4 is 11.6 Å². The summed E-state index contributed by atoms with van der Waals surface area (Å²) < 4.78 is 11.3. The summed E-state index contributed by atoms with van der Waals surface area (Å²) >= 11 is 6.28. The molecule has 0 saturated heterocycles. The van der Waals surface area contributed by atoms with Gasteiger partial charge < -0.3 is 15.2 Å². The molecule has 0 heterocycles. The van der Waals surface area contributed by atoms with E-state index in [0.29, 0.717) is 29.7 Å². The third-order valence-corrected chi connectivity index (χ3v) is 3.81. The zero-order valence-corrected chi connectivity index (χ0v) is 13.3. The highest BCUT2D eigenvalue weighted by atomic mass is 35.5. The molecule has 2 rings (SSSR count). The fraction of sp³-hybridized carbons (Fsp3) is 0.294. The molecule has 0 radical (unpaired) electrons. The van der Waals surface area contributed by atoms with Crippen molar-refractivity contribution < 1.29 is 9.47 Å². The summed E-state index contributed by atoms with van der Waals surface area (Å²) in [6, 6.07) is 9.85. The molecule has 0 aliphatic rings. The predicted molar refractivity (Wildman–Crippen MR) is 86.1 cm³/mol. The molecule has 2 aromatic carbocycles. The quantitative estimate of drug-likeness (QED) is 0.908. The Balaban J connectivity index is 2.28. The van der Waals surface area contributed by atoms with Crippen molar-refractivity contribution in [3.63, 3.8) is 0 Å². The minimum Gasteiger partial charge on any atom is -0.493 e. The van der Waals surface area contributed by atoms with Crippen molar-refractivity contribution in [2.24, 2.45) is 5.73 Å². The van der Waals surface area contributed by atoms with Crippen LogP contribution in [0.25, 0.3) is 0 Å². The molecule has 0 aliphatic heterocycles. The Hall–Kier alpha value is -1.71. The van der Waals surface area contributed by atoms with E-state index in [0.717, 1.165) is 5.56 Å². The Labute approximate surface area is 130 Å². The number of rotatable bonds is 5. The van der Waals surface area contributed by atoms with Crippen molar-refractivity contribution in [3.05, 3.63) is 57.6 Å². The van der Waals surface area contributed by atoms with E-state index in [1.807, 2.05) is 18.2 Å². The molecule has 112 valence electrons. The van der Waals surface area contributed by atoms with E-state index in [4.69, 9.17) is 26.8 Å². The van der Waals surface area contributed by atoms with E-state index < -0.39 is 0 Å². The highest BCUT2D eigenvalue weighted by Gasteiger charge is 2.13. The van der Waals surface area contributed by atoms with Crippen molar-refractivity contribution in [2.45, 2.75) is 27.0 Å². The van der Waals surface area contributed by atoms with Gasteiger partial charge in [-0.25, -0.2) is 0 Å². The Bertz CT molecular complexity index is 621. The molecule has 0 spiro atoms. The normalized spacial score (nSPS) is 10.5. The Morgan fingerprint density at radius 3 is 2.38 bits per heavy atom. The molecular formula is C17H20ClNO2. The standard InChI is InChI=1S/C17H20ClNO2/c1-11-5-4-6-12(2)14(11)10-21-17-15(18)7-13(9-19)8-16(17)20-3/h4-8H,9-10,19H2,1-3H3. The molecule has 0 unspecified atom stereocenters. The monoisotopic (exact) mass is 305 g/mol. The number of benzene rings is 2. The number of hydrogen-bond acceptors (Lipinski definition) is 3. The van der Waals surface area contributed by atoms with Gasteiger partial charge in [-0.05, 0) is 48.2 Å². The number of halogens is 1. The average molecular weight is 306 g/mol. The van der Waals surface area contributed by atoms with Gasteiger partial charge in [0.2, 0.25) is 0 Å². The van der Waals surface area contributed by atoms with Gasteiger partial charge in [-0.2, -0.15) is 0 Å². The van der Waals surface area contributed by atoms with Crippen LogP contribution in [0.5, 0.6) is 11.5 Å². The van der Waals surface area contributed by atoms with Crippen molar-refractivity contribution in [1.29, 1.82) is 0 Å². The van der Waals surface area contributed by atoms with Crippen LogP contribution in [0, 0.1) is 13.8 Å². The first kappa shape index (κ1) is 15.7. The number of methoxy groups -OCH3 is 1. The fourth-order valence-electron chi connectivity index (χ4n) is 2.25. The number of hydrogen-bond donors (Lipinski definition) is 1. The maximum atomic E-state index is 6.28. The number of ether oxygens (including phenoxy) is 2. The molecule has 2 N–H and O–H groups in total. The zero-order valence-electron chi connectivity index (χ0n) is 12.6. The summed E-state index contributed by atoms with van der Waals surface area (Å²) in [7, 11) is 1.60. The van der Waals surface area contributed by atoms with E-state index >= 15 is 0 Å². The van der Waals surface area contributed by atoms with Crippen LogP contribution >= 0.6 is 11.6 Å². The molecular weight excluding hydrogens is 286 g/mol. The Morgan fingerprint density at radius 2 is 1.81 bits per heavy atom. The predicted octanol–water partition coefficient (Wildman–Crippen LogP) is 4.00. The minimum absolute atomic E-state index is 0.410. The van der Waals surface area contributed by atoms with Crippen LogP contribution in [0.3, 0.4) is 0 Å². The topological polar surface area (TPSA) is 44.5 Å². The summed E-state index contributed by atoms with van der Waals surface area (Å²) in [5.74, 6) is 1.16. The fourth-order valence-corrected chi connectivity index (χ4v) is 2.54. The smallest absolute Gasteiger partial charge is 0.180 e. The van der Waals surface area contributed by atoms with Crippen LogP contribution in [0.15, 0.2) is 30.3 Å². The molecule has 0 aliphatic carbocycles. The van der Waals surface area contributed by atoms with Gasteiger partial charge in [0, 0.05) is 6.54 Å². The second-order valence-electron chi connectivity index (χ2n) is 4.97. The van der Waals surface area contributed by atoms with Gasteiger partial charge in [-0.3, -0.25) is 0 Å². The van der Waals surface area contributed by atoms with Crippen molar-refractivity contribution in [3.8, 4) is 11.5 Å². The Kier molecular flexibility index (Phi) is 5.10. The maximum Gasteiger partial charge on any atom is 0.180 e. The molecule has 0 fully saturated rings. The van der Waals surface area contributed by atoms with Crippen molar-refractivity contribution in [1.82, 2.24) is 0 Å². The lowest BCUT2D eigenvalue weighted by atomic mass is 10.0. The van der Waals surface area contributed by atoms with E-state index in [9.17, 15) is 0 Å². The molecule has 0 atom stereocenters. The summed E-state index contributed by atoms with van der Waals surface area (Å²) in [5, 5.41) is 0.515. The SMILES string of the molecule is COc1cc(CN)cc(Cl)c1OCc1c(C)cccc1C. The number of aryl methyl sites for hydroxylation is 2.